The number of ether oxygens (including phenoxy) is 2. The summed E-state index contributed by atoms with van der Waals surface area (Å²) < 4.78 is 11.5. The second kappa shape index (κ2) is 12.9. The van der Waals surface area contributed by atoms with Crippen LogP contribution < -0.4 is 4.74 Å². The molecule has 1 fully saturated rings. The van der Waals surface area contributed by atoms with Gasteiger partial charge in [0.25, 0.3) is 0 Å². The Morgan fingerprint density at radius 3 is 2.35 bits per heavy atom. The Kier molecular flexibility index (Phi) is 9.63. The number of fused-ring (bicyclic) bond motifs is 1. The van der Waals surface area contributed by atoms with Crippen molar-refractivity contribution in [2.24, 2.45) is 5.92 Å². The van der Waals surface area contributed by atoms with Crippen LogP contribution in [0.2, 0.25) is 0 Å². The van der Waals surface area contributed by atoms with Crippen LogP contribution >= 0.6 is 0 Å². The van der Waals surface area contributed by atoms with E-state index in [4.69, 9.17) is 9.47 Å². The zero-order chi connectivity index (χ0) is 31.6. The van der Waals surface area contributed by atoms with E-state index in [1.807, 2.05) is 44.2 Å². The number of carbonyl (C=O) groups is 2. The number of aryl methyl sites for hydroxylation is 1. The molecule has 0 radical (unpaired) electrons. The number of aliphatic hydroxyl groups excluding tert-OH is 3. The molecule has 232 valence electrons. The van der Waals surface area contributed by atoms with Crippen molar-refractivity contribution in [3.05, 3.63) is 64.7 Å². The maximum atomic E-state index is 13.3. The predicted molar refractivity (Wildman–Crippen MR) is 155 cm³/mol. The minimum atomic E-state index is -2.01. The number of hydrogen-bond acceptors (Lipinski definition) is 10. The molecule has 0 amide bonds. The van der Waals surface area contributed by atoms with Crippen molar-refractivity contribution in [2.45, 2.75) is 76.7 Å². The molecule has 0 saturated carbocycles. The van der Waals surface area contributed by atoms with Gasteiger partial charge in [0, 0.05) is 17.4 Å². The lowest BCUT2D eigenvalue weighted by Crippen LogP contribution is -2.67. The summed E-state index contributed by atoms with van der Waals surface area (Å²) in [7, 11) is 0. The number of ketones is 1. The second-order valence-electron chi connectivity index (χ2n) is 11.5. The molecule has 43 heavy (non-hydrogen) atoms. The average Bonchev–Trinajstić information content (AvgIpc) is 2.98. The highest BCUT2D eigenvalue weighted by Gasteiger charge is 2.55. The third kappa shape index (κ3) is 6.31. The Morgan fingerprint density at radius 2 is 1.74 bits per heavy atom. The summed E-state index contributed by atoms with van der Waals surface area (Å²) in [6.07, 6.45) is -6.00. The number of benzene rings is 3. The van der Waals surface area contributed by atoms with Gasteiger partial charge >= 0.3 is 5.97 Å². The number of carboxylic acid groups (broad SMARTS) is 1. The van der Waals surface area contributed by atoms with Crippen molar-refractivity contribution in [1.29, 1.82) is 0 Å². The number of aromatic hydroxyl groups is 2. The van der Waals surface area contributed by atoms with Crippen LogP contribution in [-0.4, -0.2) is 84.3 Å². The van der Waals surface area contributed by atoms with E-state index in [-0.39, 0.29) is 52.0 Å². The maximum absolute atomic E-state index is 13.3. The predicted octanol–water partition coefficient (Wildman–Crippen LogP) is 3.06. The van der Waals surface area contributed by atoms with E-state index < -0.39 is 60.1 Å². The van der Waals surface area contributed by atoms with Crippen LogP contribution in [0.1, 0.15) is 65.0 Å². The normalized spacial score (nSPS) is 23.9. The molecule has 0 bridgehead atoms. The minimum Gasteiger partial charge on any atom is -0.507 e. The van der Waals surface area contributed by atoms with Crippen LogP contribution in [-0.2, 0) is 11.2 Å². The summed E-state index contributed by atoms with van der Waals surface area (Å²) in [5.41, 5.74) is -1.62. The number of Topliss-reactive ketones (excluding diaryl/α,β-unsaturated/α-hetero) is 1. The molecule has 1 aliphatic heterocycles. The van der Waals surface area contributed by atoms with Crippen LogP contribution in [0.5, 0.6) is 17.2 Å². The van der Waals surface area contributed by atoms with Crippen LogP contribution in [0.3, 0.4) is 0 Å². The highest BCUT2D eigenvalue weighted by molar-refractivity contribution is 6.11. The first kappa shape index (κ1) is 32.2. The molecule has 5 unspecified atom stereocenters. The summed E-state index contributed by atoms with van der Waals surface area (Å²) in [5, 5.41) is 74.9. The smallest absolute Gasteiger partial charge is 0.335 e. The van der Waals surface area contributed by atoms with Gasteiger partial charge in [-0.15, -0.1) is 0 Å². The molecule has 7 N–H and O–H groups in total. The van der Waals surface area contributed by atoms with Crippen LogP contribution in [0.25, 0.3) is 10.8 Å². The van der Waals surface area contributed by atoms with Crippen molar-refractivity contribution in [3.8, 4) is 17.2 Å². The first-order valence-electron chi connectivity index (χ1n) is 14.1. The third-order valence-corrected chi connectivity index (χ3v) is 8.07. The van der Waals surface area contributed by atoms with Gasteiger partial charge in [-0.2, -0.15) is 0 Å². The number of hydrogen-bond donors (Lipinski definition) is 7. The first-order chi connectivity index (χ1) is 20.3. The lowest BCUT2D eigenvalue weighted by Gasteiger charge is -2.48. The van der Waals surface area contributed by atoms with Crippen molar-refractivity contribution < 1.29 is 54.8 Å². The van der Waals surface area contributed by atoms with Gasteiger partial charge in [0.2, 0.25) is 6.29 Å². The second-order valence-corrected chi connectivity index (χ2v) is 11.5. The fourth-order valence-corrected chi connectivity index (χ4v) is 5.50. The number of carbonyl (C=O) groups excluding carboxylic acids is 1. The monoisotopic (exact) mass is 598 g/mol. The van der Waals surface area contributed by atoms with Crippen molar-refractivity contribution in [2.75, 3.05) is 6.61 Å². The Hall–Kier alpha value is -3.74. The summed E-state index contributed by atoms with van der Waals surface area (Å²) in [4.78, 5) is 25.3. The van der Waals surface area contributed by atoms with Crippen molar-refractivity contribution >= 4 is 22.5 Å². The number of phenolic OH excluding ortho intramolecular Hbond substituents is 2. The Labute approximate surface area is 248 Å². The minimum absolute atomic E-state index is 0.000655. The Balaban J connectivity index is 1.77. The summed E-state index contributed by atoms with van der Waals surface area (Å²) in [6, 6.07) is 11.3. The Bertz CT molecular complexity index is 1480. The van der Waals surface area contributed by atoms with Crippen LogP contribution in [0, 0.1) is 12.8 Å². The molecular weight excluding hydrogens is 560 g/mol. The SMILES string of the molecule is Cc1c(C(=O)CCc2ccccc2)c(O)c2c(OC3OC(CO)C(O)(CCC(C)C)C(O)C3O)cc(C(=O)O)cc2c1O. The highest BCUT2D eigenvalue weighted by atomic mass is 16.7. The van der Waals surface area contributed by atoms with Gasteiger partial charge in [0.05, 0.1) is 23.1 Å². The van der Waals surface area contributed by atoms with Gasteiger partial charge in [-0.25, -0.2) is 4.79 Å². The molecule has 3 aromatic rings. The van der Waals surface area contributed by atoms with Gasteiger partial charge in [0.15, 0.2) is 5.78 Å². The molecule has 4 rings (SSSR count). The van der Waals surface area contributed by atoms with Crippen LogP contribution in [0.15, 0.2) is 42.5 Å². The van der Waals surface area contributed by atoms with E-state index in [1.165, 1.54) is 6.92 Å². The van der Waals surface area contributed by atoms with E-state index >= 15 is 0 Å². The number of rotatable bonds is 11. The topological polar surface area (TPSA) is 194 Å². The van der Waals surface area contributed by atoms with Gasteiger partial charge < -0.3 is 45.2 Å². The van der Waals surface area contributed by atoms with E-state index in [0.29, 0.717) is 12.8 Å². The molecule has 5 atom stereocenters. The average molecular weight is 599 g/mol. The van der Waals surface area contributed by atoms with E-state index in [1.54, 1.807) is 0 Å². The molecule has 0 spiro atoms. The van der Waals surface area contributed by atoms with E-state index in [2.05, 4.69) is 0 Å². The number of phenols is 2. The summed E-state index contributed by atoms with van der Waals surface area (Å²) in [6.45, 7) is 4.49. The highest BCUT2D eigenvalue weighted by Crippen LogP contribution is 2.46. The lowest BCUT2D eigenvalue weighted by molar-refractivity contribution is -0.315. The fraction of sp³-hybridized carbons (Fsp3) is 0.438. The van der Waals surface area contributed by atoms with Gasteiger partial charge in [0.1, 0.15) is 41.2 Å². The summed E-state index contributed by atoms with van der Waals surface area (Å²) >= 11 is 0. The molecule has 1 aliphatic rings. The molecule has 0 aromatic heterocycles. The third-order valence-electron chi connectivity index (χ3n) is 8.07. The lowest BCUT2D eigenvalue weighted by atomic mass is 9.79. The zero-order valence-corrected chi connectivity index (χ0v) is 24.2. The molecule has 3 aromatic carbocycles. The molecular formula is C32H38O11. The fourth-order valence-electron chi connectivity index (χ4n) is 5.50. The maximum Gasteiger partial charge on any atom is 0.335 e. The molecule has 0 aliphatic carbocycles. The molecule has 11 nitrogen and oxygen atoms in total. The molecule has 1 saturated heterocycles. The van der Waals surface area contributed by atoms with Gasteiger partial charge in [-0.3, -0.25) is 4.79 Å². The molecule has 1 heterocycles. The van der Waals surface area contributed by atoms with Crippen molar-refractivity contribution in [1.82, 2.24) is 0 Å². The van der Waals surface area contributed by atoms with Crippen molar-refractivity contribution in [3.63, 3.8) is 0 Å². The Morgan fingerprint density at radius 1 is 1.07 bits per heavy atom. The standard InChI is InChI=1S/C32H38O11/c1-16(2)11-12-32(41)23(15-33)43-31(28(37)29(32)38)42-22-14-19(30(39)40)13-20-25(22)27(36)24(17(3)26(20)35)21(34)10-9-18-7-5-4-6-8-18/h4-8,13-14,16,23,28-29,31,33,35-38,41H,9-12,15H2,1-3H3,(H,39,40). The number of carboxylic acids is 1. The number of aliphatic hydroxyl groups is 4. The quantitative estimate of drug-likeness (QED) is 0.127. The molecule has 11 heteroatoms. The van der Waals surface area contributed by atoms with E-state index in [0.717, 1.165) is 17.7 Å². The first-order valence-corrected chi connectivity index (χ1v) is 14.1. The van der Waals surface area contributed by atoms with Gasteiger partial charge in [-0.05, 0) is 49.8 Å². The number of aromatic carboxylic acids is 1. The summed E-state index contributed by atoms with van der Waals surface area (Å²) in [5.74, 6) is -3.15. The van der Waals surface area contributed by atoms with Gasteiger partial charge in [-0.1, -0.05) is 44.2 Å². The van der Waals surface area contributed by atoms with E-state index in [9.17, 15) is 45.3 Å². The largest absolute Gasteiger partial charge is 0.507 e. The zero-order valence-electron chi connectivity index (χ0n) is 24.2. The van der Waals surface area contributed by atoms with Crippen LogP contribution in [0.4, 0.5) is 0 Å².